The van der Waals surface area contributed by atoms with Crippen LogP contribution in [0.3, 0.4) is 0 Å². The van der Waals surface area contributed by atoms with E-state index in [2.05, 4.69) is 5.16 Å². The summed E-state index contributed by atoms with van der Waals surface area (Å²) in [5.74, 6) is -0.0694. The van der Waals surface area contributed by atoms with Crippen LogP contribution in [-0.2, 0) is 16.1 Å². The lowest BCUT2D eigenvalue weighted by Gasteiger charge is -2.30. The zero-order valence-electron chi connectivity index (χ0n) is 10.2. The maximum Gasteiger partial charge on any atom is 0.236 e. The van der Waals surface area contributed by atoms with Gasteiger partial charge in [-0.05, 0) is 12.8 Å². The van der Waals surface area contributed by atoms with Crippen LogP contribution in [0.15, 0.2) is 16.9 Å². The zero-order chi connectivity index (χ0) is 12.6. The minimum atomic E-state index is -0.404. The van der Waals surface area contributed by atoms with Gasteiger partial charge in [0.05, 0.1) is 12.0 Å². The lowest BCUT2D eigenvalue weighted by atomic mass is 9.73. The van der Waals surface area contributed by atoms with E-state index >= 15 is 0 Å². The predicted octanol–water partition coefficient (Wildman–Crippen LogP) is 1.88. The van der Waals surface area contributed by atoms with Gasteiger partial charge in [0.15, 0.2) is 0 Å². The summed E-state index contributed by atoms with van der Waals surface area (Å²) in [6, 6.07) is 1.69. The number of hydrogen-bond acceptors (Lipinski definition) is 4. The standard InChI is InChI=1S/C13H16N2O3/c16-11-8-13(5-2-1-3-6-13)12(17)15(11)9-10-4-7-18-14-10/h4,7H,1-3,5-6,8-9H2. The van der Waals surface area contributed by atoms with Crippen LogP contribution in [0.4, 0.5) is 0 Å². The lowest BCUT2D eigenvalue weighted by Crippen LogP contribution is -2.36. The molecule has 3 rings (SSSR count). The molecule has 1 aromatic rings. The number of imide groups is 1. The SMILES string of the molecule is O=C1CC2(CCCCC2)C(=O)N1Cc1ccon1. The van der Waals surface area contributed by atoms with Crippen LogP contribution in [0.5, 0.6) is 0 Å². The number of hydrogen-bond donors (Lipinski definition) is 0. The Balaban J connectivity index is 1.80. The van der Waals surface area contributed by atoms with Gasteiger partial charge in [-0.15, -0.1) is 0 Å². The number of amides is 2. The summed E-state index contributed by atoms with van der Waals surface area (Å²) in [6.45, 7) is 0.246. The van der Waals surface area contributed by atoms with E-state index in [0.717, 1.165) is 25.7 Å². The van der Waals surface area contributed by atoms with Gasteiger partial charge in [0, 0.05) is 12.5 Å². The summed E-state index contributed by atoms with van der Waals surface area (Å²) < 4.78 is 4.73. The highest BCUT2D eigenvalue weighted by atomic mass is 16.5. The number of aromatic nitrogens is 1. The molecule has 1 aromatic heterocycles. The van der Waals surface area contributed by atoms with E-state index in [-0.39, 0.29) is 18.4 Å². The summed E-state index contributed by atoms with van der Waals surface area (Å²) in [4.78, 5) is 25.8. The summed E-state index contributed by atoms with van der Waals surface area (Å²) in [5.41, 5.74) is 0.226. The Morgan fingerprint density at radius 3 is 2.72 bits per heavy atom. The third-order valence-corrected chi connectivity index (χ3v) is 4.11. The molecule has 0 aromatic carbocycles. The van der Waals surface area contributed by atoms with E-state index in [1.807, 2.05) is 0 Å². The van der Waals surface area contributed by atoms with Gasteiger partial charge in [-0.1, -0.05) is 24.4 Å². The summed E-state index contributed by atoms with van der Waals surface area (Å²) >= 11 is 0. The molecule has 1 aliphatic carbocycles. The van der Waals surface area contributed by atoms with E-state index in [1.54, 1.807) is 6.07 Å². The summed E-state index contributed by atoms with van der Waals surface area (Å²) in [6.07, 6.45) is 6.82. The van der Waals surface area contributed by atoms with E-state index in [1.165, 1.54) is 17.6 Å². The smallest absolute Gasteiger partial charge is 0.236 e. The molecule has 1 spiro atoms. The van der Waals surface area contributed by atoms with Crippen molar-refractivity contribution in [2.75, 3.05) is 0 Å². The van der Waals surface area contributed by atoms with Crippen LogP contribution in [0.1, 0.15) is 44.2 Å². The molecule has 0 unspecified atom stereocenters. The van der Waals surface area contributed by atoms with E-state index in [0.29, 0.717) is 12.1 Å². The molecule has 2 fully saturated rings. The molecule has 18 heavy (non-hydrogen) atoms. The van der Waals surface area contributed by atoms with Crippen LogP contribution < -0.4 is 0 Å². The van der Waals surface area contributed by atoms with Crippen molar-refractivity contribution in [3.63, 3.8) is 0 Å². The monoisotopic (exact) mass is 248 g/mol. The maximum absolute atomic E-state index is 12.5. The molecule has 0 radical (unpaired) electrons. The molecule has 1 saturated carbocycles. The third kappa shape index (κ3) is 1.74. The van der Waals surface area contributed by atoms with Gasteiger partial charge < -0.3 is 4.52 Å². The van der Waals surface area contributed by atoms with Gasteiger partial charge in [-0.3, -0.25) is 14.5 Å². The minimum absolute atomic E-state index is 0.00444. The van der Waals surface area contributed by atoms with Crippen molar-refractivity contribution in [2.45, 2.75) is 45.1 Å². The van der Waals surface area contributed by atoms with E-state index < -0.39 is 5.41 Å². The number of carbonyl (C=O) groups is 2. The summed E-state index contributed by atoms with van der Waals surface area (Å²) in [5, 5.41) is 3.76. The Bertz CT molecular complexity index is 461. The zero-order valence-corrected chi connectivity index (χ0v) is 10.2. The minimum Gasteiger partial charge on any atom is -0.364 e. The van der Waals surface area contributed by atoms with Crippen molar-refractivity contribution in [2.24, 2.45) is 5.41 Å². The first kappa shape index (κ1) is 11.4. The average Bonchev–Trinajstić information content (AvgIpc) is 2.95. The van der Waals surface area contributed by atoms with Crippen molar-refractivity contribution in [1.82, 2.24) is 10.1 Å². The molecule has 2 heterocycles. The Labute approximate surface area is 105 Å². The molecule has 2 amide bonds. The molecular weight excluding hydrogens is 232 g/mol. The fourth-order valence-corrected chi connectivity index (χ4v) is 3.12. The number of likely N-dealkylation sites (tertiary alicyclic amines) is 1. The van der Waals surface area contributed by atoms with E-state index in [4.69, 9.17) is 4.52 Å². The normalized spacial score (nSPS) is 23.0. The topological polar surface area (TPSA) is 63.4 Å². The quantitative estimate of drug-likeness (QED) is 0.750. The highest BCUT2D eigenvalue weighted by Gasteiger charge is 2.51. The Morgan fingerprint density at radius 1 is 1.28 bits per heavy atom. The van der Waals surface area contributed by atoms with Crippen molar-refractivity contribution >= 4 is 11.8 Å². The Kier molecular flexibility index (Phi) is 2.69. The molecule has 1 saturated heterocycles. The van der Waals surface area contributed by atoms with Crippen molar-refractivity contribution in [3.8, 4) is 0 Å². The molecule has 0 N–H and O–H groups in total. The van der Waals surface area contributed by atoms with Crippen LogP contribution >= 0.6 is 0 Å². The van der Waals surface area contributed by atoms with Gasteiger partial charge in [0.1, 0.15) is 12.0 Å². The van der Waals surface area contributed by atoms with E-state index in [9.17, 15) is 9.59 Å². The third-order valence-electron chi connectivity index (χ3n) is 4.11. The highest BCUT2D eigenvalue weighted by molar-refractivity contribution is 6.05. The number of nitrogens with zero attached hydrogens (tertiary/aromatic N) is 2. The molecule has 2 aliphatic rings. The van der Waals surface area contributed by atoms with Crippen LogP contribution in [-0.4, -0.2) is 21.9 Å². The molecular formula is C13H16N2O3. The first-order chi connectivity index (χ1) is 8.71. The highest BCUT2D eigenvalue weighted by Crippen LogP contribution is 2.45. The van der Waals surface area contributed by atoms with Crippen molar-refractivity contribution in [1.29, 1.82) is 0 Å². The number of carbonyl (C=O) groups excluding carboxylic acids is 2. The molecule has 5 nitrogen and oxygen atoms in total. The number of rotatable bonds is 2. The first-order valence-electron chi connectivity index (χ1n) is 6.45. The maximum atomic E-state index is 12.5. The fraction of sp³-hybridized carbons (Fsp3) is 0.615. The van der Waals surface area contributed by atoms with Crippen LogP contribution in [0.25, 0.3) is 0 Å². The van der Waals surface area contributed by atoms with Gasteiger partial charge >= 0.3 is 0 Å². The predicted molar refractivity (Wildman–Crippen MR) is 62.2 cm³/mol. The second-order valence-electron chi connectivity index (χ2n) is 5.29. The van der Waals surface area contributed by atoms with Gasteiger partial charge in [-0.2, -0.15) is 0 Å². The summed E-state index contributed by atoms with van der Waals surface area (Å²) in [7, 11) is 0. The average molecular weight is 248 g/mol. The van der Waals surface area contributed by atoms with Crippen LogP contribution in [0.2, 0.25) is 0 Å². The molecule has 96 valence electrons. The van der Waals surface area contributed by atoms with Gasteiger partial charge in [0.25, 0.3) is 0 Å². The van der Waals surface area contributed by atoms with Gasteiger partial charge in [0.2, 0.25) is 11.8 Å². The first-order valence-corrected chi connectivity index (χ1v) is 6.45. The second kappa shape index (κ2) is 4.23. The van der Waals surface area contributed by atoms with Crippen LogP contribution in [0, 0.1) is 5.41 Å². The van der Waals surface area contributed by atoms with Gasteiger partial charge in [-0.25, -0.2) is 0 Å². The Morgan fingerprint density at radius 2 is 2.06 bits per heavy atom. The fourth-order valence-electron chi connectivity index (χ4n) is 3.12. The molecule has 5 heteroatoms. The van der Waals surface area contributed by atoms with Crippen molar-refractivity contribution in [3.05, 3.63) is 18.0 Å². The Hall–Kier alpha value is -1.65. The van der Waals surface area contributed by atoms with Crippen molar-refractivity contribution < 1.29 is 14.1 Å². The molecule has 0 atom stereocenters. The second-order valence-corrected chi connectivity index (χ2v) is 5.29. The lowest BCUT2D eigenvalue weighted by molar-refractivity contribution is -0.143. The molecule has 0 bridgehead atoms. The molecule has 1 aliphatic heterocycles. The largest absolute Gasteiger partial charge is 0.364 e.